The number of nitrogens with one attached hydrogen (secondary N) is 1. The Hall–Kier alpha value is -3.05. The molecule has 2 aliphatic rings. The Morgan fingerprint density at radius 1 is 1.19 bits per heavy atom. The lowest BCUT2D eigenvalue weighted by molar-refractivity contribution is -0.152. The Balaban J connectivity index is 1.97. The Morgan fingerprint density at radius 3 is 2.44 bits per heavy atom. The summed E-state index contributed by atoms with van der Waals surface area (Å²) >= 11 is 0. The van der Waals surface area contributed by atoms with E-state index in [4.69, 9.17) is 11.5 Å². The van der Waals surface area contributed by atoms with E-state index in [1.54, 1.807) is 6.92 Å². The Morgan fingerprint density at radius 2 is 1.86 bits per heavy atom. The molecule has 36 heavy (non-hydrogen) atoms. The van der Waals surface area contributed by atoms with Gasteiger partial charge >= 0.3 is 0 Å². The fourth-order valence-corrected chi connectivity index (χ4v) is 5.20. The predicted molar refractivity (Wildman–Crippen MR) is 130 cm³/mol. The maximum absolute atomic E-state index is 13.9. The van der Waals surface area contributed by atoms with E-state index in [-0.39, 0.29) is 31.2 Å². The van der Waals surface area contributed by atoms with Gasteiger partial charge in [-0.1, -0.05) is 19.1 Å². The van der Waals surface area contributed by atoms with E-state index >= 15 is 0 Å². The Bertz CT molecular complexity index is 988. The lowest BCUT2D eigenvalue weighted by atomic mass is 9.86. The third-order valence-corrected chi connectivity index (χ3v) is 7.24. The molecule has 0 unspecified atom stereocenters. The van der Waals surface area contributed by atoms with Gasteiger partial charge in [0.2, 0.25) is 23.6 Å². The second-order valence-electron chi connectivity index (χ2n) is 9.73. The number of primary amides is 1. The van der Waals surface area contributed by atoms with Gasteiger partial charge in [-0.25, -0.2) is 4.39 Å². The van der Waals surface area contributed by atoms with Crippen molar-refractivity contribution in [1.82, 2.24) is 15.1 Å². The Kier molecular flexibility index (Phi) is 8.67. The summed E-state index contributed by atoms with van der Waals surface area (Å²) in [4.78, 5) is 55.4. The molecule has 2 aliphatic heterocycles. The molecule has 0 saturated carbocycles. The van der Waals surface area contributed by atoms with Crippen LogP contribution in [0.15, 0.2) is 24.3 Å². The molecule has 0 aliphatic carbocycles. The third kappa shape index (κ3) is 5.52. The summed E-state index contributed by atoms with van der Waals surface area (Å²) in [6.07, 6.45) is 1.11. The summed E-state index contributed by atoms with van der Waals surface area (Å²) in [5, 5.41) is 12.5. The molecule has 2 saturated heterocycles. The number of nitrogens with two attached hydrogens (primary N) is 2. The van der Waals surface area contributed by atoms with Crippen molar-refractivity contribution in [3.05, 3.63) is 35.6 Å². The first kappa shape index (κ1) is 27.5. The molecule has 5 atom stereocenters. The molecule has 1 aromatic carbocycles. The van der Waals surface area contributed by atoms with Crippen molar-refractivity contribution < 1.29 is 28.7 Å². The third-order valence-electron chi connectivity index (χ3n) is 7.24. The van der Waals surface area contributed by atoms with Gasteiger partial charge in [-0.05, 0) is 56.7 Å². The molecule has 3 rings (SSSR count). The van der Waals surface area contributed by atoms with E-state index in [9.17, 15) is 28.7 Å². The highest BCUT2D eigenvalue weighted by molar-refractivity contribution is 5.98. The summed E-state index contributed by atoms with van der Waals surface area (Å²) in [6.45, 7) is 3.80. The highest BCUT2D eigenvalue weighted by Gasteiger charge is 2.53. The van der Waals surface area contributed by atoms with Crippen LogP contribution in [0.3, 0.4) is 0 Å². The minimum atomic E-state index is -1.41. The molecular weight excluding hydrogens is 469 g/mol. The number of benzene rings is 1. The van der Waals surface area contributed by atoms with Crippen molar-refractivity contribution in [2.24, 2.45) is 11.5 Å². The van der Waals surface area contributed by atoms with E-state index < -0.39 is 47.4 Å². The van der Waals surface area contributed by atoms with Gasteiger partial charge in [0.25, 0.3) is 0 Å². The van der Waals surface area contributed by atoms with Crippen LogP contribution in [-0.2, 0) is 25.6 Å². The number of carbonyl (C=O) groups excluding carboxylic acids is 4. The smallest absolute Gasteiger partial charge is 0.247 e. The summed E-state index contributed by atoms with van der Waals surface area (Å²) in [7, 11) is 0. The van der Waals surface area contributed by atoms with Gasteiger partial charge in [-0.2, -0.15) is 0 Å². The number of aliphatic hydroxyl groups is 1. The fraction of sp³-hybridized carbons (Fsp3) is 0.600. The average Bonchev–Trinajstić information content (AvgIpc) is 3.50. The second-order valence-corrected chi connectivity index (χ2v) is 9.73. The summed E-state index contributed by atoms with van der Waals surface area (Å²) in [5.41, 5.74) is 10.6. The zero-order chi connectivity index (χ0) is 26.6. The number of hydrogen-bond acceptors (Lipinski definition) is 6. The number of rotatable bonds is 9. The van der Waals surface area contributed by atoms with Gasteiger partial charge in [0.15, 0.2) is 0 Å². The van der Waals surface area contributed by atoms with Crippen LogP contribution in [0.4, 0.5) is 4.39 Å². The van der Waals surface area contributed by atoms with Gasteiger partial charge in [-0.15, -0.1) is 0 Å². The maximum atomic E-state index is 13.9. The van der Waals surface area contributed by atoms with Crippen LogP contribution < -0.4 is 16.8 Å². The zero-order valence-electron chi connectivity index (χ0n) is 20.8. The normalized spacial score (nSPS) is 24.3. The summed E-state index contributed by atoms with van der Waals surface area (Å²) in [6, 6.07) is 2.80. The number of nitrogens with zero attached hydrogens (tertiary/aromatic N) is 2. The number of likely N-dealkylation sites (tertiary alicyclic amines) is 2. The molecular formula is C25H36FN5O5. The fourth-order valence-electron chi connectivity index (χ4n) is 5.20. The topological polar surface area (TPSA) is 159 Å². The second kappa shape index (κ2) is 11.3. The van der Waals surface area contributed by atoms with Crippen LogP contribution in [0.2, 0.25) is 0 Å². The molecule has 4 amide bonds. The van der Waals surface area contributed by atoms with Crippen LogP contribution in [0.25, 0.3) is 0 Å². The molecule has 1 aromatic rings. The van der Waals surface area contributed by atoms with Crippen molar-refractivity contribution >= 4 is 23.6 Å². The first-order valence-electron chi connectivity index (χ1n) is 12.4. The van der Waals surface area contributed by atoms with Gasteiger partial charge in [0.1, 0.15) is 23.4 Å². The van der Waals surface area contributed by atoms with E-state index in [1.807, 2.05) is 0 Å². The number of aliphatic hydroxyl groups excluding tert-OH is 1. The molecule has 0 aromatic heterocycles. The highest BCUT2D eigenvalue weighted by Crippen LogP contribution is 2.36. The van der Waals surface area contributed by atoms with Crippen molar-refractivity contribution in [1.29, 1.82) is 0 Å². The predicted octanol–water partition coefficient (Wildman–Crippen LogP) is -0.191. The van der Waals surface area contributed by atoms with E-state index in [0.717, 1.165) is 0 Å². The average molecular weight is 506 g/mol. The van der Waals surface area contributed by atoms with Crippen LogP contribution in [0, 0.1) is 5.82 Å². The monoisotopic (exact) mass is 505 g/mol. The molecule has 0 bridgehead atoms. The van der Waals surface area contributed by atoms with Gasteiger partial charge in [0.05, 0.1) is 12.1 Å². The first-order chi connectivity index (χ1) is 17.0. The van der Waals surface area contributed by atoms with Crippen LogP contribution in [0.1, 0.15) is 51.5 Å². The number of carbonyl (C=O) groups is 4. The lowest BCUT2D eigenvalue weighted by Crippen LogP contribution is -2.65. The summed E-state index contributed by atoms with van der Waals surface area (Å²) in [5.74, 6) is -2.65. The van der Waals surface area contributed by atoms with E-state index in [0.29, 0.717) is 37.8 Å². The minimum Gasteiger partial charge on any atom is -0.391 e. The quantitative estimate of drug-likeness (QED) is 0.364. The molecule has 6 N–H and O–H groups in total. The van der Waals surface area contributed by atoms with Gasteiger partial charge < -0.3 is 31.7 Å². The van der Waals surface area contributed by atoms with Crippen LogP contribution in [-0.4, -0.2) is 81.4 Å². The number of hydrogen-bond donors (Lipinski definition) is 4. The zero-order valence-corrected chi connectivity index (χ0v) is 20.8. The van der Waals surface area contributed by atoms with E-state index in [2.05, 4.69) is 5.32 Å². The van der Waals surface area contributed by atoms with Crippen molar-refractivity contribution in [3.8, 4) is 0 Å². The largest absolute Gasteiger partial charge is 0.391 e. The van der Waals surface area contributed by atoms with Crippen molar-refractivity contribution in [2.45, 2.75) is 82.1 Å². The molecule has 2 fully saturated rings. The minimum absolute atomic E-state index is 0.0608. The molecule has 11 heteroatoms. The molecule has 0 spiro atoms. The Labute approximate surface area is 210 Å². The first-order valence-corrected chi connectivity index (χ1v) is 12.4. The SMILES string of the molecule is CC[C@H](N)C(=O)N1CCC[C@H]1C(=O)N1CCC[C@]1(Cc1ccc(F)cc1)C(=O)N[C@H](C(N)=O)[C@@H](C)O. The number of amides is 4. The van der Waals surface area contributed by atoms with Gasteiger partial charge in [0, 0.05) is 19.5 Å². The molecule has 2 heterocycles. The molecule has 198 valence electrons. The number of halogens is 1. The summed E-state index contributed by atoms with van der Waals surface area (Å²) < 4.78 is 13.6. The lowest BCUT2D eigenvalue weighted by Gasteiger charge is -2.41. The van der Waals surface area contributed by atoms with Crippen molar-refractivity contribution in [3.63, 3.8) is 0 Å². The van der Waals surface area contributed by atoms with Crippen molar-refractivity contribution in [2.75, 3.05) is 13.1 Å². The van der Waals surface area contributed by atoms with E-state index in [1.165, 1.54) is 41.0 Å². The van der Waals surface area contributed by atoms with Gasteiger partial charge in [-0.3, -0.25) is 19.2 Å². The highest BCUT2D eigenvalue weighted by atomic mass is 19.1. The standard InChI is InChI=1S/C25H36FN5O5/c1-3-18(27)22(34)30-12-4-6-19(30)23(35)31-13-5-11-25(31,14-16-7-9-17(26)10-8-16)24(36)29-20(15(2)32)21(28)33/h7-10,15,18-20,32H,3-6,11-14,27H2,1-2H3,(H2,28,33)(H,29,36)/t15-,18+,19+,20+,25+/m1/s1. The molecule has 0 radical (unpaired) electrons. The molecule has 10 nitrogen and oxygen atoms in total. The maximum Gasteiger partial charge on any atom is 0.247 e. The van der Waals surface area contributed by atoms with Crippen LogP contribution in [0.5, 0.6) is 0 Å². The van der Waals surface area contributed by atoms with Crippen LogP contribution >= 0.6 is 0 Å².